The molecule has 0 aliphatic carbocycles. The van der Waals surface area contributed by atoms with Gasteiger partial charge in [-0.2, -0.15) is 0 Å². The monoisotopic (exact) mass is 288 g/mol. The second-order valence-corrected chi connectivity index (χ2v) is 4.84. The van der Waals surface area contributed by atoms with Crippen molar-refractivity contribution in [3.63, 3.8) is 0 Å². The van der Waals surface area contributed by atoms with E-state index in [0.717, 1.165) is 10.4 Å². The Morgan fingerprint density at radius 3 is 2.75 bits per heavy atom. The van der Waals surface area contributed by atoms with E-state index in [0.29, 0.717) is 18.9 Å². The topological polar surface area (TPSA) is 78.4 Å². The molecular weight excluding hydrogens is 276 g/mol. The van der Waals surface area contributed by atoms with E-state index in [2.05, 4.69) is 11.8 Å². The molecule has 0 atom stereocenters. The van der Waals surface area contributed by atoms with Gasteiger partial charge in [0.15, 0.2) is 0 Å². The van der Waals surface area contributed by atoms with E-state index in [-0.39, 0.29) is 5.69 Å². The van der Waals surface area contributed by atoms with E-state index in [9.17, 15) is 10.1 Å². The highest BCUT2D eigenvalue weighted by Gasteiger charge is 2.05. The van der Waals surface area contributed by atoms with Crippen LogP contribution in [0.1, 0.15) is 10.4 Å². The quantitative estimate of drug-likeness (QED) is 0.533. The summed E-state index contributed by atoms with van der Waals surface area (Å²) in [5.74, 6) is 6.33. The Balaban J connectivity index is 1.94. The van der Waals surface area contributed by atoms with Crippen molar-refractivity contribution >= 4 is 17.0 Å². The Hall–Kier alpha value is -2.36. The number of non-ortho nitro benzene ring substituents is 1. The summed E-state index contributed by atoms with van der Waals surface area (Å²) in [5.41, 5.74) is 6.28. The molecule has 0 aliphatic heterocycles. The van der Waals surface area contributed by atoms with Gasteiger partial charge in [0.25, 0.3) is 5.69 Å². The van der Waals surface area contributed by atoms with Crippen LogP contribution in [-0.4, -0.2) is 11.5 Å². The number of benzene rings is 1. The fraction of sp³-hybridized carbons (Fsp3) is 0.143. The molecule has 0 fully saturated rings. The van der Waals surface area contributed by atoms with Crippen molar-refractivity contribution in [3.05, 3.63) is 56.3 Å². The zero-order chi connectivity index (χ0) is 14.4. The van der Waals surface area contributed by atoms with Crippen LogP contribution in [0.5, 0.6) is 5.75 Å². The van der Waals surface area contributed by atoms with Gasteiger partial charge in [-0.1, -0.05) is 11.8 Å². The van der Waals surface area contributed by atoms with Crippen LogP contribution in [-0.2, 0) is 6.61 Å². The summed E-state index contributed by atoms with van der Waals surface area (Å²) in [5, 5.41) is 12.5. The molecule has 0 bridgehead atoms. The van der Waals surface area contributed by atoms with Crippen LogP contribution in [0.15, 0.2) is 35.7 Å². The summed E-state index contributed by atoms with van der Waals surface area (Å²) < 4.78 is 5.56. The molecule has 20 heavy (non-hydrogen) atoms. The zero-order valence-electron chi connectivity index (χ0n) is 10.5. The minimum absolute atomic E-state index is 0.0489. The summed E-state index contributed by atoms with van der Waals surface area (Å²) >= 11 is 1.55. The lowest BCUT2D eigenvalue weighted by atomic mass is 10.3. The first-order valence-electron chi connectivity index (χ1n) is 5.82. The number of ether oxygens (including phenoxy) is 1. The normalized spacial score (nSPS) is 9.65. The first kappa shape index (κ1) is 14.1. The molecule has 1 aromatic heterocycles. The molecule has 1 aromatic carbocycles. The summed E-state index contributed by atoms with van der Waals surface area (Å²) in [6, 6.07) is 7.95. The molecule has 0 amide bonds. The van der Waals surface area contributed by atoms with Gasteiger partial charge in [-0.15, -0.1) is 11.3 Å². The second kappa shape index (κ2) is 6.70. The number of nitro groups is 1. The van der Waals surface area contributed by atoms with Gasteiger partial charge in [-0.25, -0.2) is 0 Å². The molecule has 0 unspecified atom stereocenters. The van der Waals surface area contributed by atoms with E-state index in [1.165, 1.54) is 12.1 Å². The van der Waals surface area contributed by atoms with E-state index in [1.54, 1.807) is 23.5 Å². The highest BCUT2D eigenvalue weighted by Crippen LogP contribution is 2.20. The van der Waals surface area contributed by atoms with E-state index in [4.69, 9.17) is 10.5 Å². The highest BCUT2D eigenvalue weighted by molar-refractivity contribution is 7.10. The van der Waals surface area contributed by atoms with Crippen molar-refractivity contribution in [1.82, 2.24) is 0 Å². The summed E-state index contributed by atoms with van der Waals surface area (Å²) in [6.07, 6.45) is 0. The summed E-state index contributed by atoms with van der Waals surface area (Å²) in [4.78, 5) is 11.1. The third-order valence-electron chi connectivity index (χ3n) is 2.42. The fourth-order valence-electron chi connectivity index (χ4n) is 1.49. The minimum atomic E-state index is -0.439. The van der Waals surface area contributed by atoms with Gasteiger partial charge in [0, 0.05) is 28.0 Å². The van der Waals surface area contributed by atoms with Gasteiger partial charge >= 0.3 is 0 Å². The lowest BCUT2D eigenvalue weighted by molar-refractivity contribution is -0.384. The van der Waals surface area contributed by atoms with E-state index >= 15 is 0 Å². The van der Waals surface area contributed by atoms with Gasteiger partial charge in [0.1, 0.15) is 12.4 Å². The maximum Gasteiger partial charge on any atom is 0.269 e. The van der Waals surface area contributed by atoms with Gasteiger partial charge in [-0.3, -0.25) is 10.1 Å². The van der Waals surface area contributed by atoms with Gasteiger partial charge < -0.3 is 10.5 Å². The van der Waals surface area contributed by atoms with Crippen LogP contribution in [0.4, 0.5) is 5.69 Å². The molecule has 0 radical (unpaired) electrons. The molecule has 0 saturated heterocycles. The van der Waals surface area contributed by atoms with Crippen LogP contribution < -0.4 is 10.5 Å². The number of nitro benzene ring substituents is 1. The average Bonchev–Trinajstić information content (AvgIpc) is 2.91. The third-order valence-corrected chi connectivity index (χ3v) is 3.33. The van der Waals surface area contributed by atoms with Crippen molar-refractivity contribution in [2.75, 3.05) is 6.54 Å². The Kier molecular flexibility index (Phi) is 4.71. The number of hydrogen-bond donors (Lipinski definition) is 1. The van der Waals surface area contributed by atoms with Crippen molar-refractivity contribution in [3.8, 4) is 17.6 Å². The fourth-order valence-corrected chi connectivity index (χ4v) is 2.22. The van der Waals surface area contributed by atoms with Crippen LogP contribution in [0.3, 0.4) is 0 Å². The Morgan fingerprint density at radius 2 is 2.10 bits per heavy atom. The Morgan fingerprint density at radius 1 is 1.35 bits per heavy atom. The molecule has 5 nitrogen and oxygen atoms in total. The lowest BCUT2D eigenvalue weighted by Crippen LogP contribution is -1.94. The predicted octanol–water partition coefficient (Wildman–Crippen LogP) is 2.55. The molecule has 6 heteroatoms. The number of nitrogens with zero attached hydrogens (tertiary/aromatic N) is 1. The smallest absolute Gasteiger partial charge is 0.269 e. The van der Waals surface area contributed by atoms with Gasteiger partial charge in [0.2, 0.25) is 0 Å². The number of thiophene rings is 1. The van der Waals surface area contributed by atoms with Crippen molar-refractivity contribution in [1.29, 1.82) is 0 Å². The van der Waals surface area contributed by atoms with Gasteiger partial charge in [0.05, 0.1) is 11.5 Å². The molecule has 1 heterocycles. The molecule has 2 rings (SSSR count). The Labute approximate surface area is 120 Å². The third kappa shape index (κ3) is 3.82. The summed E-state index contributed by atoms with van der Waals surface area (Å²) in [6.45, 7) is 0.747. The highest BCUT2D eigenvalue weighted by atomic mass is 32.1. The molecule has 2 N–H and O–H groups in total. The average molecular weight is 288 g/mol. The van der Waals surface area contributed by atoms with Gasteiger partial charge in [-0.05, 0) is 18.2 Å². The molecule has 0 aliphatic rings. The first-order valence-corrected chi connectivity index (χ1v) is 6.70. The second-order valence-electron chi connectivity index (χ2n) is 3.85. The van der Waals surface area contributed by atoms with Crippen LogP contribution in [0.25, 0.3) is 0 Å². The standard InChI is InChI=1S/C14H12N2O3S/c15-7-1-2-11-8-14(20-10-11)9-19-13-5-3-12(4-6-13)16(17)18/h3-6,8,10H,7,9,15H2. The first-order chi connectivity index (χ1) is 9.69. The molecule has 0 saturated carbocycles. The largest absolute Gasteiger partial charge is 0.488 e. The lowest BCUT2D eigenvalue weighted by Gasteiger charge is -2.03. The SMILES string of the molecule is NCC#Cc1csc(COc2ccc([N+](=O)[O-])cc2)c1. The van der Waals surface area contributed by atoms with Crippen molar-refractivity contribution in [2.45, 2.75) is 6.61 Å². The van der Waals surface area contributed by atoms with Crippen LogP contribution in [0, 0.1) is 22.0 Å². The number of nitrogens with two attached hydrogens (primary N) is 1. The number of rotatable bonds is 4. The minimum Gasteiger partial charge on any atom is -0.488 e. The van der Waals surface area contributed by atoms with Crippen LogP contribution in [0.2, 0.25) is 0 Å². The van der Waals surface area contributed by atoms with Crippen molar-refractivity contribution in [2.24, 2.45) is 5.73 Å². The maximum atomic E-state index is 10.5. The molecule has 102 valence electrons. The van der Waals surface area contributed by atoms with Crippen LogP contribution >= 0.6 is 11.3 Å². The van der Waals surface area contributed by atoms with E-state index < -0.39 is 4.92 Å². The van der Waals surface area contributed by atoms with E-state index in [1.807, 2.05) is 11.4 Å². The molecule has 2 aromatic rings. The Bertz CT molecular complexity index is 653. The number of hydrogen-bond acceptors (Lipinski definition) is 5. The van der Waals surface area contributed by atoms with Crippen molar-refractivity contribution < 1.29 is 9.66 Å². The zero-order valence-corrected chi connectivity index (χ0v) is 11.4. The predicted molar refractivity (Wildman–Crippen MR) is 77.7 cm³/mol. The maximum absolute atomic E-state index is 10.5. The molecule has 0 spiro atoms. The summed E-state index contributed by atoms with van der Waals surface area (Å²) in [7, 11) is 0. The molecular formula is C14H12N2O3S.